The summed E-state index contributed by atoms with van der Waals surface area (Å²) in [5.74, 6) is -12.9. The highest BCUT2D eigenvalue weighted by molar-refractivity contribution is 5.98. The molecule has 0 bridgehead atoms. The third-order valence-corrected chi connectivity index (χ3v) is 9.12. The van der Waals surface area contributed by atoms with E-state index in [1.54, 1.807) is 30.3 Å². The first-order valence-corrected chi connectivity index (χ1v) is 19.4. The van der Waals surface area contributed by atoms with Gasteiger partial charge < -0.3 is 73.5 Å². The standard InChI is InChI=1S/C38H54N10O15/c1-17(2)29(36(60)44-23(10-20-8-6-5-7-9-20)34(58)48-30(19(4)50)37(61)45-25(38(62)63)13-28(53)54)47-31(55)18(3)42-33(57)24(12-27(51)52)43-35(59)26(15-49)46-32(56)22(39)11-21-14-40-16-41-21/h5-9,14,16-19,22-26,29-30,49-50H,10-13,15,39H2,1-4H3,(H,40,41)(H,42,57)(H,43,59)(H,44,60)(H,45,61)(H,46,56)(H,47,55)(H,48,58)(H,51,52)(H,53,54)(H,62,63)/t18-,19+,22-,23-,24-,25-,26-,29-,30-/m0/s1. The van der Waals surface area contributed by atoms with Crippen molar-refractivity contribution in [1.82, 2.24) is 47.2 Å². The molecule has 0 aliphatic carbocycles. The van der Waals surface area contributed by atoms with E-state index in [0.717, 1.165) is 6.92 Å². The SMILES string of the molecule is CC(C)[C@H](NC(=O)[C@H](C)NC(=O)[C@H](CC(=O)O)NC(=O)[C@H](CO)NC(=O)[C@@H](N)Cc1c[nH]cn1)C(=O)N[C@@H](Cc1ccccc1)C(=O)N[C@H](C(=O)N[C@@H](CC(=O)O)C(=O)O)[C@@H](C)O. The highest BCUT2D eigenvalue weighted by atomic mass is 16.4. The molecule has 0 spiro atoms. The third-order valence-electron chi connectivity index (χ3n) is 9.12. The number of hydrogen-bond acceptors (Lipinski definition) is 14. The number of nitrogens with zero attached hydrogens (tertiary/aromatic N) is 1. The lowest BCUT2D eigenvalue weighted by Gasteiger charge is -2.28. The molecule has 63 heavy (non-hydrogen) atoms. The monoisotopic (exact) mass is 890 g/mol. The molecular weight excluding hydrogens is 836 g/mol. The normalized spacial score (nSPS) is 15.3. The first-order valence-electron chi connectivity index (χ1n) is 19.4. The Kier molecular flexibility index (Phi) is 20.7. The maximum atomic E-state index is 13.8. The van der Waals surface area contributed by atoms with Crippen LogP contribution in [-0.4, -0.2) is 156 Å². The number of carboxylic acids is 3. The van der Waals surface area contributed by atoms with Gasteiger partial charge in [0, 0.05) is 19.0 Å². The first kappa shape index (κ1) is 52.1. The fourth-order valence-corrected chi connectivity index (χ4v) is 5.66. The van der Waals surface area contributed by atoms with Crippen molar-refractivity contribution in [3.05, 3.63) is 54.1 Å². The van der Waals surface area contributed by atoms with Crippen molar-refractivity contribution < 1.29 is 73.5 Å². The Morgan fingerprint density at radius 1 is 0.619 bits per heavy atom. The van der Waals surface area contributed by atoms with Crippen molar-refractivity contribution in [3.8, 4) is 0 Å². The van der Waals surface area contributed by atoms with Crippen LogP contribution < -0.4 is 43.0 Å². The average molecular weight is 891 g/mol. The zero-order valence-corrected chi connectivity index (χ0v) is 34.7. The minimum Gasteiger partial charge on any atom is -0.481 e. The minimum absolute atomic E-state index is 0.0385. The Labute approximate surface area is 359 Å². The van der Waals surface area contributed by atoms with Crippen LogP contribution in [-0.2, 0) is 60.8 Å². The maximum absolute atomic E-state index is 13.8. The summed E-state index contributed by atoms with van der Waals surface area (Å²) in [6.45, 7) is 4.36. The molecule has 1 aromatic carbocycles. The zero-order valence-electron chi connectivity index (χ0n) is 34.7. The molecule has 0 aliphatic rings. The van der Waals surface area contributed by atoms with E-state index in [1.165, 1.54) is 33.3 Å². The van der Waals surface area contributed by atoms with Crippen LogP contribution in [0.5, 0.6) is 0 Å². The molecule has 1 aromatic heterocycles. The lowest BCUT2D eigenvalue weighted by molar-refractivity contribution is -0.148. The molecular formula is C38H54N10O15. The summed E-state index contributed by atoms with van der Waals surface area (Å²) in [5, 5.41) is 63.7. The number of aliphatic carboxylic acids is 3. The van der Waals surface area contributed by atoms with E-state index in [1.807, 2.05) is 5.32 Å². The molecule has 0 saturated heterocycles. The maximum Gasteiger partial charge on any atom is 0.326 e. The highest BCUT2D eigenvalue weighted by Crippen LogP contribution is 2.09. The van der Waals surface area contributed by atoms with Gasteiger partial charge in [0.1, 0.15) is 42.3 Å². The summed E-state index contributed by atoms with van der Waals surface area (Å²) >= 11 is 0. The van der Waals surface area contributed by atoms with Crippen molar-refractivity contribution in [2.24, 2.45) is 11.7 Å². The van der Waals surface area contributed by atoms with Crippen molar-refractivity contribution in [3.63, 3.8) is 0 Å². The van der Waals surface area contributed by atoms with Crippen molar-refractivity contribution in [2.75, 3.05) is 6.61 Å². The number of aromatic amines is 1. The summed E-state index contributed by atoms with van der Waals surface area (Å²) in [6.07, 6.45) is -1.07. The lowest BCUT2D eigenvalue weighted by atomic mass is 10.00. The molecule has 0 unspecified atom stereocenters. The molecule has 0 radical (unpaired) electrons. The number of carbonyl (C=O) groups is 10. The second-order valence-corrected chi connectivity index (χ2v) is 14.7. The Bertz CT molecular complexity index is 1930. The molecule has 346 valence electrons. The van der Waals surface area contributed by atoms with E-state index in [-0.39, 0.29) is 12.8 Å². The van der Waals surface area contributed by atoms with Crippen LogP contribution in [0.15, 0.2) is 42.9 Å². The van der Waals surface area contributed by atoms with Crippen LogP contribution in [0.4, 0.5) is 0 Å². The van der Waals surface area contributed by atoms with Gasteiger partial charge in [0.05, 0.1) is 43.6 Å². The number of benzene rings is 1. The van der Waals surface area contributed by atoms with Gasteiger partial charge in [0.15, 0.2) is 0 Å². The van der Waals surface area contributed by atoms with Crippen LogP contribution in [0.25, 0.3) is 0 Å². The number of nitrogens with two attached hydrogens (primary N) is 1. The molecule has 0 aliphatic heterocycles. The molecule has 2 rings (SSSR count). The molecule has 25 heteroatoms. The number of hydrogen-bond donors (Lipinski definition) is 14. The fraction of sp³-hybridized carbons (Fsp3) is 0.500. The summed E-state index contributed by atoms with van der Waals surface area (Å²) in [6, 6.07) is -4.68. The molecule has 15 N–H and O–H groups in total. The van der Waals surface area contributed by atoms with Crippen molar-refractivity contribution in [1.29, 1.82) is 0 Å². The molecule has 9 atom stereocenters. The van der Waals surface area contributed by atoms with Gasteiger partial charge in [-0.25, -0.2) is 9.78 Å². The molecule has 0 fully saturated rings. The number of H-pyrrole nitrogens is 1. The summed E-state index contributed by atoms with van der Waals surface area (Å²) in [4.78, 5) is 134. The molecule has 0 saturated carbocycles. The molecule has 1 heterocycles. The number of imidazole rings is 1. The van der Waals surface area contributed by atoms with Gasteiger partial charge in [-0.3, -0.25) is 43.2 Å². The van der Waals surface area contributed by atoms with E-state index in [4.69, 9.17) is 10.8 Å². The number of amides is 7. The van der Waals surface area contributed by atoms with E-state index in [9.17, 15) is 68.4 Å². The Morgan fingerprint density at radius 2 is 1.13 bits per heavy atom. The van der Waals surface area contributed by atoms with Gasteiger partial charge in [-0.15, -0.1) is 0 Å². The van der Waals surface area contributed by atoms with Crippen molar-refractivity contribution in [2.45, 2.75) is 108 Å². The average Bonchev–Trinajstić information content (AvgIpc) is 3.72. The van der Waals surface area contributed by atoms with Crippen molar-refractivity contribution >= 4 is 59.3 Å². The Hall–Kier alpha value is -6.99. The van der Waals surface area contributed by atoms with Gasteiger partial charge >= 0.3 is 17.9 Å². The number of aliphatic hydroxyl groups is 2. The van der Waals surface area contributed by atoms with Crippen LogP contribution in [0, 0.1) is 5.92 Å². The first-order chi connectivity index (χ1) is 29.5. The van der Waals surface area contributed by atoms with Gasteiger partial charge in [-0.1, -0.05) is 44.2 Å². The second-order valence-electron chi connectivity index (χ2n) is 14.7. The number of carbonyl (C=O) groups excluding carboxylic acids is 7. The predicted molar refractivity (Wildman–Crippen MR) is 215 cm³/mol. The number of rotatable bonds is 26. The van der Waals surface area contributed by atoms with Crippen LogP contribution in [0.3, 0.4) is 0 Å². The lowest BCUT2D eigenvalue weighted by Crippen LogP contribution is -2.62. The third kappa shape index (κ3) is 17.5. The summed E-state index contributed by atoms with van der Waals surface area (Å²) in [5.41, 5.74) is 6.80. The minimum atomic E-state index is -1.92. The van der Waals surface area contributed by atoms with Gasteiger partial charge in [-0.2, -0.15) is 0 Å². The second kappa shape index (κ2) is 25.1. The number of carboxylic acid groups (broad SMARTS) is 3. The van der Waals surface area contributed by atoms with E-state index < -0.39 is 139 Å². The van der Waals surface area contributed by atoms with Crippen LogP contribution >= 0.6 is 0 Å². The van der Waals surface area contributed by atoms with Gasteiger partial charge in [-0.05, 0) is 25.3 Å². The highest BCUT2D eigenvalue weighted by Gasteiger charge is 2.36. The molecule has 25 nitrogen and oxygen atoms in total. The number of aliphatic hydroxyl groups excluding tert-OH is 2. The largest absolute Gasteiger partial charge is 0.481 e. The van der Waals surface area contributed by atoms with Crippen LogP contribution in [0.2, 0.25) is 0 Å². The van der Waals surface area contributed by atoms with Gasteiger partial charge in [0.25, 0.3) is 0 Å². The molecule has 7 amide bonds. The number of aromatic nitrogens is 2. The van der Waals surface area contributed by atoms with E-state index in [2.05, 4.69) is 41.9 Å². The predicted octanol–water partition coefficient (Wildman–Crippen LogP) is -5.00. The summed E-state index contributed by atoms with van der Waals surface area (Å²) in [7, 11) is 0. The topological polar surface area (TPSA) is 411 Å². The smallest absolute Gasteiger partial charge is 0.326 e. The molecule has 2 aromatic rings. The van der Waals surface area contributed by atoms with E-state index in [0.29, 0.717) is 11.3 Å². The quantitative estimate of drug-likeness (QED) is 0.0420. The Balaban J connectivity index is 2.21. The van der Waals surface area contributed by atoms with Gasteiger partial charge in [0.2, 0.25) is 41.4 Å². The zero-order chi connectivity index (χ0) is 47.6. The Morgan fingerprint density at radius 3 is 1.65 bits per heavy atom. The van der Waals surface area contributed by atoms with E-state index >= 15 is 0 Å². The number of nitrogens with one attached hydrogen (secondary N) is 8. The summed E-state index contributed by atoms with van der Waals surface area (Å²) < 4.78 is 0. The fourth-order valence-electron chi connectivity index (χ4n) is 5.66. The van der Waals surface area contributed by atoms with Crippen LogP contribution in [0.1, 0.15) is 51.8 Å².